The van der Waals surface area contributed by atoms with Gasteiger partial charge in [-0.2, -0.15) is 10.1 Å². The monoisotopic (exact) mass is 420 g/mol. The standard InChI is InChI=1S/C17H10BrFN2OS2/c18-13-5-1-11(2-6-13)9-15-16(22)21(17(23)24-15)20-10-12-3-7-14(19)8-4-12/h1-10H/b15-9+,20-10+. The first-order chi connectivity index (χ1) is 11.5. The quantitative estimate of drug-likeness (QED) is 0.405. The Kier molecular flexibility index (Phi) is 5.23. The highest BCUT2D eigenvalue weighted by molar-refractivity contribution is 9.10. The Morgan fingerprint density at radius 1 is 1.08 bits per heavy atom. The van der Waals surface area contributed by atoms with Gasteiger partial charge in [0, 0.05) is 4.47 Å². The molecule has 120 valence electrons. The number of hydrazone groups is 1. The number of rotatable bonds is 3. The molecule has 0 atom stereocenters. The number of carbonyl (C=O) groups is 1. The number of halogens is 2. The zero-order chi connectivity index (χ0) is 17.1. The Hall–Kier alpha value is -1.83. The second-order valence-electron chi connectivity index (χ2n) is 4.84. The van der Waals surface area contributed by atoms with Gasteiger partial charge in [-0.3, -0.25) is 4.79 Å². The van der Waals surface area contributed by atoms with Crippen LogP contribution < -0.4 is 0 Å². The van der Waals surface area contributed by atoms with Gasteiger partial charge in [-0.1, -0.05) is 52.0 Å². The number of hydrogen-bond acceptors (Lipinski definition) is 4. The number of nitrogens with zero attached hydrogens (tertiary/aromatic N) is 2. The maximum Gasteiger partial charge on any atom is 0.286 e. The molecule has 0 aliphatic carbocycles. The first-order valence-electron chi connectivity index (χ1n) is 6.86. The Morgan fingerprint density at radius 3 is 2.38 bits per heavy atom. The van der Waals surface area contributed by atoms with E-state index in [1.54, 1.807) is 18.2 Å². The van der Waals surface area contributed by atoms with Gasteiger partial charge in [0.15, 0.2) is 4.32 Å². The van der Waals surface area contributed by atoms with Crippen LogP contribution in [0.1, 0.15) is 11.1 Å². The fraction of sp³-hybridized carbons (Fsp3) is 0. The minimum absolute atomic E-state index is 0.272. The van der Waals surface area contributed by atoms with Crippen molar-refractivity contribution in [3.05, 3.63) is 74.9 Å². The average Bonchev–Trinajstić information content (AvgIpc) is 2.83. The average molecular weight is 421 g/mol. The van der Waals surface area contributed by atoms with Crippen LogP contribution in [-0.4, -0.2) is 21.5 Å². The number of carbonyl (C=O) groups excluding carboxylic acids is 1. The number of amides is 1. The molecule has 0 unspecified atom stereocenters. The Balaban J connectivity index is 1.78. The summed E-state index contributed by atoms with van der Waals surface area (Å²) >= 11 is 9.79. The van der Waals surface area contributed by atoms with Crippen LogP contribution >= 0.6 is 39.9 Å². The predicted molar refractivity (Wildman–Crippen MR) is 103 cm³/mol. The highest BCUT2D eigenvalue weighted by Gasteiger charge is 2.31. The van der Waals surface area contributed by atoms with Crippen molar-refractivity contribution in [2.75, 3.05) is 0 Å². The van der Waals surface area contributed by atoms with E-state index in [1.165, 1.54) is 35.1 Å². The van der Waals surface area contributed by atoms with Crippen molar-refractivity contribution >= 4 is 62.4 Å². The molecule has 1 fully saturated rings. The third kappa shape index (κ3) is 3.98. The van der Waals surface area contributed by atoms with Crippen molar-refractivity contribution in [3.63, 3.8) is 0 Å². The Bertz CT molecular complexity index is 848. The van der Waals surface area contributed by atoms with Crippen molar-refractivity contribution in [2.45, 2.75) is 0 Å². The lowest BCUT2D eigenvalue weighted by atomic mass is 10.2. The molecule has 1 aliphatic heterocycles. The van der Waals surface area contributed by atoms with E-state index in [1.807, 2.05) is 24.3 Å². The van der Waals surface area contributed by atoms with Gasteiger partial charge in [0.25, 0.3) is 5.91 Å². The molecule has 2 aromatic carbocycles. The molecule has 3 nitrogen and oxygen atoms in total. The van der Waals surface area contributed by atoms with E-state index >= 15 is 0 Å². The number of thioether (sulfide) groups is 1. The zero-order valence-corrected chi connectivity index (χ0v) is 15.4. The maximum atomic E-state index is 12.9. The van der Waals surface area contributed by atoms with Crippen LogP contribution in [0.25, 0.3) is 6.08 Å². The molecule has 0 bridgehead atoms. The van der Waals surface area contributed by atoms with Gasteiger partial charge >= 0.3 is 0 Å². The second-order valence-corrected chi connectivity index (χ2v) is 7.43. The lowest BCUT2D eigenvalue weighted by Crippen LogP contribution is -2.22. The summed E-state index contributed by atoms with van der Waals surface area (Å²) in [7, 11) is 0. The maximum absolute atomic E-state index is 12.9. The molecule has 1 amide bonds. The lowest BCUT2D eigenvalue weighted by molar-refractivity contribution is -0.122. The summed E-state index contributed by atoms with van der Waals surface area (Å²) in [6.45, 7) is 0. The van der Waals surface area contributed by atoms with Gasteiger partial charge in [0.2, 0.25) is 0 Å². The van der Waals surface area contributed by atoms with Crippen LogP contribution in [0.2, 0.25) is 0 Å². The van der Waals surface area contributed by atoms with E-state index in [2.05, 4.69) is 21.0 Å². The third-order valence-corrected chi connectivity index (χ3v) is 4.94. The smallest absolute Gasteiger partial charge is 0.266 e. The van der Waals surface area contributed by atoms with Crippen LogP contribution in [0.3, 0.4) is 0 Å². The molecule has 0 spiro atoms. The van der Waals surface area contributed by atoms with Gasteiger partial charge in [-0.15, -0.1) is 0 Å². The van der Waals surface area contributed by atoms with Crippen molar-refractivity contribution in [1.29, 1.82) is 0 Å². The van der Waals surface area contributed by atoms with E-state index in [9.17, 15) is 9.18 Å². The molecule has 2 aromatic rings. The fourth-order valence-electron chi connectivity index (χ4n) is 1.94. The molecule has 1 aliphatic rings. The molecular formula is C17H10BrFN2OS2. The van der Waals surface area contributed by atoms with E-state index in [0.717, 1.165) is 10.0 Å². The van der Waals surface area contributed by atoms with Crippen LogP contribution in [0.5, 0.6) is 0 Å². The molecule has 0 radical (unpaired) electrons. The highest BCUT2D eigenvalue weighted by atomic mass is 79.9. The second kappa shape index (κ2) is 7.38. The van der Waals surface area contributed by atoms with Crippen LogP contribution in [0.4, 0.5) is 4.39 Å². The first kappa shape index (κ1) is 17.0. The number of hydrogen-bond donors (Lipinski definition) is 0. The summed E-state index contributed by atoms with van der Waals surface area (Å²) < 4.78 is 14.2. The minimum atomic E-state index is -0.324. The summed E-state index contributed by atoms with van der Waals surface area (Å²) in [6.07, 6.45) is 3.26. The van der Waals surface area contributed by atoms with Gasteiger partial charge in [0.1, 0.15) is 5.82 Å². The minimum Gasteiger partial charge on any atom is -0.266 e. The lowest BCUT2D eigenvalue weighted by Gasteiger charge is -2.05. The van der Waals surface area contributed by atoms with Crippen LogP contribution in [0, 0.1) is 5.82 Å². The topological polar surface area (TPSA) is 32.7 Å². The van der Waals surface area contributed by atoms with Gasteiger partial charge < -0.3 is 0 Å². The molecule has 24 heavy (non-hydrogen) atoms. The predicted octanol–water partition coefficient (Wildman–Crippen LogP) is 4.82. The molecule has 0 saturated carbocycles. The van der Waals surface area contributed by atoms with Gasteiger partial charge in [-0.25, -0.2) is 4.39 Å². The highest BCUT2D eigenvalue weighted by Crippen LogP contribution is 2.32. The molecule has 1 saturated heterocycles. The molecule has 0 aromatic heterocycles. The molecule has 0 N–H and O–H groups in total. The normalized spacial score (nSPS) is 16.6. The Labute approximate surface area is 156 Å². The SMILES string of the molecule is O=C1/C(=C\c2ccc(Br)cc2)SC(=S)N1/N=C/c1ccc(F)cc1. The molecule has 3 rings (SSSR count). The van der Waals surface area contributed by atoms with Crippen molar-refractivity contribution in [3.8, 4) is 0 Å². The summed E-state index contributed by atoms with van der Waals surface area (Å²) in [5, 5.41) is 5.29. The fourth-order valence-corrected chi connectivity index (χ4v) is 3.38. The van der Waals surface area contributed by atoms with Gasteiger partial charge in [-0.05, 0) is 53.7 Å². The Morgan fingerprint density at radius 2 is 1.71 bits per heavy atom. The third-order valence-electron chi connectivity index (χ3n) is 3.13. The molecule has 7 heteroatoms. The molecular weight excluding hydrogens is 411 g/mol. The van der Waals surface area contributed by atoms with E-state index < -0.39 is 0 Å². The van der Waals surface area contributed by atoms with E-state index in [0.29, 0.717) is 14.8 Å². The van der Waals surface area contributed by atoms with E-state index in [4.69, 9.17) is 12.2 Å². The first-order valence-corrected chi connectivity index (χ1v) is 8.88. The summed E-state index contributed by atoms with van der Waals surface area (Å²) in [6, 6.07) is 13.4. The summed E-state index contributed by atoms with van der Waals surface area (Å²) in [5.41, 5.74) is 1.59. The number of thiocarbonyl (C=S) groups is 1. The molecule has 1 heterocycles. The van der Waals surface area contributed by atoms with E-state index in [-0.39, 0.29) is 11.7 Å². The zero-order valence-electron chi connectivity index (χ0n) is 12.1. The number of benzene rings is 2. The van der Waals surface area contributed by atoms with Crippen molar-refractivity contribution in [1.82, 2.24) is 5.01 Å². The van der Waals surface area contributed by atoms with Crippen LogP contribution in [0.15, 0.2) is 63.0 Å². The van der Waals surface area contributed by atoms with Crippen LogP contribution in [-0.2, 0) is 4.79 Å². The summed E-state index contributed by atoms with van der Waals surface area (Å²) in [4.78, 5) is 12.9. The largest absolute Gasteiger partial charge is 0.286 e. The van der Waals surface area contributed by atoms with Crippen molar-refractivity contribution in [2.24, 2.45) is 5.10 Å². The van der Waals surface area contributed by atoms with Crippen molar-refractivity contribution < 1.29 is 9.18 Å². The summed E-state index contributed by atoms with van der Waals surface area (Å²) in [5.74, 6) is -0.596. The van der Waals surface area contributed by atoms with Gasteiger partial charge in [0.05, 0.1) is 11.1 Å².